The zero-order valence-electron chi connectivity index (χ0n) is 17.2. The van der Waals surface area contributed by atoms with Gasteiger partial charge in [0.2, 0.25) is 5.91 Å². The summed E-state index contributed by atoms with van der Waals surface area (Å²) in [4.78, 5) is 28.6. The Kier molecular flexibility index (Phi) is 7.15. The predicted octanol–water partition coefficient (Wildman–Crippen LogP) is 0.173. The molecule has 1 amide bonds. The number of hydrogen-bond donors (Lipinski definition) is 6. The number of aliphatic hydroxyl groups excluding tert-OH is 1. The molecule has 4 atom stereocenters. The number of nitrogens with zero attached hydrogens (tertiary/aromatic N) is 2. The maximum absolute atomic E-state index is 13.2. The van der Waals surface area contributed by atoms with Gasteiger partial charge in [-0.25, -0.2) is 0 Å². The molecule has 3 aliphatic heterocycles. The van der Waals surface area contributed by atoms with Crippen molar-refractivity contribution in [3.63, 3.8) is 0 Å². The number of hydrogen-bond acceptors (Lipinski definition) is 9. The Morgan fingerprint density at radius 1 is 1.26 bits per heavy atom. The number of carbonyl (C=O) groups is 1. The average Bonchev–Trinajstić information content (AvgIpc) is 2.74. The molecule has 4 unspecified atom stereocenters. The van der Waals surface area contributed by atoms with Gasteiger partial charge in [0.05, 0.1) is 29.5 Å². The second kappa shape index (κ2) is 9.85. The highest BCUT2D eigenvalue weighted by molar-refractivity contribution is 6.21. The smallest absolute Gasteiger partial charge is 0.234 e. The van der Waals surface area contributed by atoms with Crippen LogP contribution in [0.2, 0.25) is 0 Å². The van der Waals surface area contributed by atoms with Crippen molar-refractivity contribution in [3.8, 4) is 0 Å². The summed E-state index contributed by atoms with van der Waals surface area (Å²) in [5, 5.41) is 25.6. The van der Waals surface area contributed by atoms with Crippen molar-refractivity contribution in [2.24, 2.45) is 16.8 Å². The molecule has 4 rings (SSSR count). The number of nitroso groups, excluding NO2 is 1. The SMILES string of the molecule is NC(N=O)C(C(=O)Nc1cnccc1C1CC2CC(O)CC(C1)N2)C1NCC(Cl)CN1. The van der Waals surface area contributed by atoms with Gasteiger partial charge in [-0.3, -0.25) is 20.4 Å². The molecule has 31 heavy (non-hydrogen) atoms. The second-order valence-electron chi connectivity index (χ2n) is 8.82. The van der Waals surface area contributed by atoms with E-state index < -0.39 is 24.2 Å². The van der Waals surface area contributed by atoms with Crippen molar-refractivity contribution in [2.75, 3.05) is 18.4 Å². The first-order valence-corrected chi connectivity index (χ1v) is 11.3. The summed E-state index contributed by atoms with van der Waals surface area (Å²) < 4.78 is 0. The first-order chi connectivity index (χ1) is 14.9. The fourth-order valence-corrected chi connectivity index (χ4v) is 5.33. The molecular weight excluding hydrogens is 422 g/mol. The molecule has 11 heteroatoms. The van der Waals surface area contributed by atoms with Gasteiger partial charge in [-0.15, -0.1) is 16.5 Å². The molecule has 1 aromatic heterocycles. The summed E-state index contributed by atoms with van der Waals surface area (Å²) in [7, 11) is 0. The van der Waals surface area contributed by atoms with Crippen molar-refractivity contribution >= 4 is 23.2 Å². The molecule has 4 heterocycles. The predicted molar refractivity (Wildman–Crippen MR) is 117 cm³/mol. The molecular formula is C20H30ClN7O3. The van der Waals surface area contributed by atoms with E-state index >= 15 is 0 Å². The Morgan fingerprint density at radius 2 is 1.94 bits per heavy atom. The Bertz CT molecular complexity index is 774. The van der Waals surface area contributed by atoms with Gasteiger partial charge in [0.15, 0.2) is 6.17 Å². The first kappa shape index (κ1) is 22.5. The number of aromatic nitrogens is 1. The van der Waals surface area contributed by atoms with Crippen LogP contribution in [0, 0.1) is 10.8 Å². The molecule has 3 fully saturated rings. The van der Waals surface area contributed by atoms with E-state index in [2.05, 4.69) is 31.4 Å². The Labute approximate surface area is 186 Å². The molecule has 0 aliphatic carbocycles. The average molecular weight is 452 g/mol. The third-order valence-electron chi connectivity index (χ3n) is 6.55. The first-order valence-electron chi connectivity index (χ1n) is 10.8. The van der Waals surface area contributed by atoms with Crippen LogP contribution >= 0.6 is 11.6 Å². The molecule has 2 bridgehead atoms. The Hall–Kier alpha value is -1.69. The van der Waals surface area contributed by atoms with Gasteiger partial charge < -0.3 is 21.5 Å². The zero-order chi connectivity index (χ0) is 22.0. The fraction of sp³-hybridized carbons (Fsp3) is 0.700. The summed E-state index contributed by atoms with van der Waals surface area (Å²) in [5.41, 5.74) is 7.52. The van der Waals surface area contributed by atoms with Crippen LogP contribution < -0.4 is 27.0 Å². The molecule has 3 saturated heterocycles. The lowest BCUT2D eigenvalue weighted by Gasteiger charge is -2.42. The largest absolute Gasteiger partial charge is 0.393 e. The van der Waals surface area contributed by atoms with Gasteiger partial charge in [-0.05, 0) is 43.2 Å². The van der Waals surface area contributed by atoms with E-state index in [1.54, 1.807) is 12.4 Å². The van der Waals surface area contributed by atoms with E-state index in [0.29, 0.717) is 18.8 Å². The standard InChI is InChI=1S/C20H30ClN7O3/c21-11-7-24-19(25-8-11)17(18(22)28-31)20(30)27-16-9-23-2-1-15(16)10-3-12-5-14(29)6-13(4-10)26-12/h1-2,9-14,17-19,24-26,29H,3-8,22H2,(H,27,30). The molecule has 0 radical (unpaired) electrons. The van der Waals surface area contributed by atoms with Crippen molar-refractivity contribution in [2.45, 2.75) is 67.5 Å². The summed E-state index contributed by atoms with van der Waals surface area (Å²) in [5.74, 6) is -1.07. The molecule has 7 N–H and O–H groups in total. The van der Waals surface area contributed by atoms with Gasteiger partial charge in [-0.2, -0.15) is 0 Å². The molecule has 0 aromatic carbocycles. The molecule has 10 nitrogen and oxygen atoms in total. The fourth-order valence-electron chi connectivity index (χ4n) is 5.15. The number of pyridine rings is 1. The molecule has 0 saturated carbocycles. The van der Waals surface area contributed by atoms with Gasteiger partial charge in [0, 0.05) is 31.4 Å². The maximum Gasteiger partial charge on any atom is 0.234 e. The quantitative estimate of drug-likeness (QED) is 0.264. The minimum atomic E-state index is -1.21. The highest BCUT2D eigenvalue weighted by Crippen LogP contribution is 2.38. The van der Waals surface area contributed by atoms with E-state index in [1.165, 1.54) is 0 Å². The number of nitrogens with one attached hydrogen (secondary N) is 4. The van der Waals surface area contributed by atoms with E-state index in [1.807, 2.05) is 6.07 Å². The minimum Gasteiger partial charge on any atom is -0.393 e. The van der Waals surface area contributed by atoms with Crippen LogP contribution in [-0.2, 0) is 4.79 Å². The number of aliphatic hydroxyl groups is 1. The number of piperidine rings is 2. The van der Waals surface area contributed by atoms with Gasteiger partial charge in [0.1, 0.15) is 5.92 Å². The number of anilines is 1. The summed E-state index contributed by atoms with van der Waals surface area (Å²) >= 11 is 6.09. The molecule has 170 valence electrons. The lowest BCUT2D eigenvalue weighted by Crippen LogP contribution is -2.62. The van der Waals surface area contributed by atoms with Crippen LogP contribution in [0.3, 0.4) is 0 Å². The zero-order valence-corrected chi connectivity index (χ0v) is 18.0. The number of fused-ring (bicyclic) bond motifs is 2. The third kappa shape index (κ3) is 5.21. The highest BCUT2D eigenvalue weighted by Gasteiger charge is 2.39. The maximum atomic E-state index is 13.2. The van der Waals surface area contributed by atoms with Crippen LogP contribution in [0.4, 0.5) is 5.69 Å². The number of rotatable bonds is 6. The van der Waals surface area contributed by atoms with Gasteiger partial charge >= 0.3 is 0 Å². The molecule has 1 aromatic rings. The highest BCUT2D eigenvalue weighted by atomic mass is 35.5. The number of amides is 1. The number of nitrogens with two attached hydrogens (primary N) is 1. The summed E-state index contributed by atoms with van der Waals surface area (Å²) in [6.07, 6.45) is 4.61. The Balaban J connectivity index is 1.51. The lowest BCUT2D eigenvalue weighted by molar-refractivity contribution is -0.121. The van der Waals surface area contributed by atoms with E-state index in [0.717, 1.165) is 31.2 Å². The van der Waals surface area contributed by atoms with Crippen LogP contribution in [0.5, 0.6) is 0 Å². The lowest BCUT2D eigenvalue weighted by atomic mass is 9.76. The topological polar surface area (TPSA) is 154 Å². The van der Waals surface area contributed by atoms with Crippen LogP contribution in [-0.4, -0.2) is 65.0 Å². The van der Waals surface area contributed by atoms with Gasteiger partial charge in [-0.1, -0.05) is 5.18 Å². The number of carbonyl (C=O) groups excluding carboxylic acids is 1. The Morgan fingerprint density at radius 3 is 2.58 bits per heavy atom. The van der Waals surface area contributed by atoms with Crippen LogP contribution in [0.1, 0.15) is 37.2 Å². The van der Waals surface area contributed by atoms with Crippen molar-refractivity contribution in [3.05, 3.63) is 28.9 Å². The van der Waals surface area contributed by atoms with E-state index in [4.69, 9.17) is 17.3 Å². The normalized spacial score (nSPS) is 35.1. The van der Waals surface area contributed by atoms with Gasteiger partial charge in [0.25, 0.3) is 0 Å². The molecule has 0 spiro atoms. The summed E-state index contributed by atoms with van der Waals surface area (Å²) in [6, 6.07) is 2.44. The second-order valence-corrected chi connectivity index (χ2v) is 9.44. The minimum absolute atomic E-state index is 0.108. The number of halogens is 1. The van der Waals surface area contributed by atoms with Crippen LogP contribution in [0.25, 0.3) is 0 Å². The number of alkyl halides is 1. The summed E-state index contributed by atoms with van der Waals surface area (Å²) in [6.45, 7) is 0.993. The third-order valence-corrected chi connectivity index (χ3v) is 6.85. The van der Waals surface area contributed by atoms with E-state index in [-0.39, 0.29) is 29.5 Å². The van der Waals surface area contributed by atoms with Crippen LogP contribution in [0.15, 0.2) is 23.6 Å². The van der Waals surface area contributed by atoms with Crippen molar-refractivity contribution in [1.29, 1.82) is 0 Å². The van der Waals surface area contributed by atoms with Crippen molar-refractivity contribution < 1.29 is 9.90 Å². The monoisotopic (exact) mass is 451 g/mol. The van der Waals surface area contributed by atoms with Crippen molar-refractivity contribution in [1.82, 2.24) is 20.9 Å². The molecule has 3 aliphatic rings. The van der Waals surface area contributed by atoms with E-state index in [9.17, 15) is 14.8 Å².